The molecule has 0 fully saturated rings. The quantitative estimate of drug-likeness (QED) is 0.0343. The maximum absolute atomic E-state index is 12.9. The second-order valence-corrected chi connectivity index (χ2v) is 23.5. The second-order valence-electron chi connectivity index (χ2n) is 23.5. The lowest BCUT2D eigenvalue weighted by Crippen LogP contribution is -2.30. The number of esters is 3. The maximum atomic E-state index is 12.9. The van der Waals surface area contributed by atoms with Crippen LogP contribution in [0, 0.1) is 11.8 Å². The van der Waals surface area contributed by atoms with Crippen molar-refractivity contribution in [1.82, 2.24) is 0 Å². The van der Waals surface area contributed by atoms with E-state index in [2.05, 4.69) is 34.6 Å². The molecule has 0 amide bonds. The summed E-state index contributed by atoms with van der Waals surface area (Å²) in [5.74, 6) is 0.913. The lowest BCUT2D eigenvalue weighted by molar-refractivity contribution is -0.167. The Hall–Kier alpha value is -1.59. The average molecular weight is 1020 g/mol. The summed E-state index contributed by atoms with van der Waals surface area (Å²) in [5.41, 5.74) is 0. The van der Waals surface area contributed by atoms with Crippen molar-refractivity contribution in [1.29, 1.82) is 0 Å². The Bertz CT molecular complexity index is 1110. The lowest BCUT2D eigenvalue weighted by atomic mass is 9.99. The number of hydrogen-bond acceptors (Lipinski definition) is 6. The fourth-order valence-electron chi connectivity index (χ4n) is 10.3. The highest BCUT2D eigenvalue weighted by Crippen LogP contribution is 2.19. The van der Waals surface area contributed by atoms with Crippen molar-refractivity contribution < 1.29 is 28.6 Å². The van der Waals surface area contributed by atoms with Gasteiger partial charge in [0.05, 0.1) is 0 Å². The van der Waals surface area contributed by atoms with Crippen LogP contribution in [0.1, 0.15) is 375 Å². The van der Waals surface area contributed by atoms with Crippen molar-refractivity contribution in [2.75, 3.05) is 13.2 Å². The van der Waals surface area contributed by atoms with Crippen molar-refractivity contribution >= 4 is 17.9 Å². The molecule has 0 N–H and O–H groups in total. The van der Waals surface area contributed by atoms with Crippen LogP contribution >= 0.6 is 0 Å². The number of ether oxygens (including phenoxy) is 3. The zero-order valence-corrected chi connectivity index (χ0v) is 49.6. The van der Waals surface area contributed by atoms with Gasteiger partial charge >= 0.3 is 17.9 Å². The van der Waals surface area contributed by atoms with Gasteiger partial charge < -0.3 is 14.2 Å². The first-order valence-electron chi connectivity index (χ1n) is 32.8. The number of hydrogen-bond donors (Lipinski definition) is 0. The molecule has 0 aromatic carbocycles. The molecule has 0 aliphatic rings. The number of carbonyl (C=O) groups is 3. The first-order chi connectivity index (χ1) is 35.3. The summed E-state index contributed by atoms with van der Waals surface area (Å²) in [6.07, 6.45) is 65.3. The zero-order valence-electron chi connectivity index (χ0n) is 49.6. The molecule has 0 aliphatic heterocycles. The van der Waals surface area contributed by atoms with Crippen LogP contribution in [0.4, 0.5) is 0 Å². The van der Waals surface area contributed by atoms with Crippen LogP contribution in [0.25, 0.3) is 0 Å². The zero-order chi connectivity index (χ0) is 52.5. The Morgan fingerprint density at radius 3 is 0.792 bits per heavy atom. The van der Waals surface area contributed by atoms with E-state index in [-0.39, 0.29) is 31.1 Å². The van der Waals surface area contributed by atoms with E-state index >= 15 is 0 Å². The van der Waals surface area contributed by atoms with E-state index < -0.39 is 6.10 Å². The van der Waals surface area contributed by atoms with Crippen molar-refractivity contribution in [3.8, 4) is 0 Å². The summed E-state index contributed by atoms with van der Waals surface area (Å²) in [7, 11) is 0. The highest BCUT2D eigenvalue weighted by molar-refractivity contribution is 5.71. The minimum Gasteiger partial charge on any atom is -0.462 e. The molecule has 0 aliphatic carbocycles. The van der Waals surface area contributed by atoms with Crippen LogP contribution in [0.15, 0.2) is 0 Å². The Labute approximate surface area is 450 Å². The van der Waals surface area contributed by atoms with Crippen molar-refractivity contribution in [2.24, 2.45) is 11.8 Å². The third-order valence-corrected chi connectivity index (χ3v) is 15.6. The van der Waals surface area contributed by atoms with Gasteiger partial charge in [0, 0.05) is 19.3 Å². The molecule has 0 rings (SSSR count). The molecular formula is C66H128O6. The molecular weight excluding hydrogens is 889 g/mol. The molecule has 0 saturated heterocycles. The van der Waals surface area contributed by atoms with Gasteiger partial charge in [0.2, 0.25) is 0 Å². The standard InChI is InChI=1S/C66H128O6/c1-6-8-9-10-11-12-13-14-15-18-22-25-31-36-41-46-51-56-64(67)70-59-63(60-71-65(68)57-52-47-42-37-32-28-27-29-34-39-44-49-54-61(3)4)72-66(69)58-53-48-43-38-33-26-23-20-17-16-19-21-24-30-35-40-45-50-55-62(5)7-2/h61-63H,6-60H2,1-5H3/t62?,63-/m0/s1. The van der Waals surface area contributed by atoms with E-state index in [1.807, 2.05) is 0 Å². The third-order valence-electron chi connectivity index (χ3n) is 15.6. The van der Waals surface area contributed by atoms with Gasteiger partial charge in [-0.05, 0) is 31.1 Å². The fourth-order valence-corrected chi connectivity index (χ4v) is 10.3. The van der Waals surface area contributed by atoms with Gasteiger partial charge in [-0.2, -0.15) is 0 Å². The summed E-state index contributed by atoms with van der Waals surface area (Å²) in [5, 5.41) is 0. The van der Waals surface area contributed by atoms with Gasteiger partial charge in [-0.15, -0.1) is 0 Å². The Morgan fingerprint density at radius 1 is 0.292 bits per heavy atom. The molecule has 72 heavy (non-hydrogen) atoms. The van der Waals surface area contributed by atoms with E-state index in [0.29, 0.717) is 19.3 Å². The van der Waals surface area contributed by atoms with E-state index in [9.17, 15) is 14.4 Å². The SMILES string of the molecule is CCCCCCCCCCCCCCCCCCCC(=O)OC[C@@H](COC(=O)CCCCCCCCCCCCCCC(C)C)OC(=O)CCCCCCCCCCCCCCCCCCCCC(C)CC. The predicted molar refractivity (Wildman–Crippen MR) is 312 cm³/mol. The van der Waals surface area contributed by atoms with Crippen LogP contribution in [0.5, 0.6) is 0 Å². The molecule has 0 bridgehead atoms. The van der Waals surface area contributed by atoms with E-state index in [1.54, 1.807) is 0 Å². The van der Waals surface area contributed by atoms with Crippen LogP contribution in [-0.4, -0.2) is 37.2 Å². The topological polar surface area (TPSA) is 78.9 Å². The Morgan fingerprint density at radius 2 is 0.528 bits per heavy atom. The fraction of sp³-hybridized carbons (Fsp3) is 0.955. The summed E-state index contributed by atoms with van der Waals surface area (Å²) < 4.78 is 17.0. The van der Waals surface area contributed by atoms with Crippen LogP contribution < -0.4 is 0 Å². The lowest BCUT2D eigenvalue weighted by Gasteiger charge is -2.18. The first kappa shape index (κ1) is 70.4. The highest BCUT2D eigenvalue weighted by Gasteiger charge is 2.19. The van der Waals surface area contributed by atoms with Gasteiger partial charge in [0.15, 0.2) is 6.10 Å². The molecule has 6 nitrogen and oxygen atoms in total. The minimum absolute atomic E-state index is 0.0617. The third kappa shape index (κ3) is 57.7. The molecule has 0 saturated carbocycles. The Balaban J connectivity index is 4.27. The number of carbonyl (C=O) groups excluding carboxylic acids is 3. The summed E-state index contributed by atoms with van der Waals surface area (Å²) in [6, 6.07) is 0. The first-order valence-corrected chi connectivity index (χ1v) is 32.8. The van der Waals surface area contributed by atoms with Crippen LogP contribution in [0.3, 0.4) is 0 Å². The minimum atomic E-state index is -0.764. The Kier molecular flexibility index (Phi) is 57.4. The molecule has 1 unspecified atom stereocenters. The van der Waals surface area contributed by atoms with Gasteiger partial charge in [0.1, 0.15) is 13.2 Å². The van der Waals surface area contributed by atoms with E-state index in [4.69, 9.17) is 14.2 Å². The van der Waals surface area contributed by atoms with E-state index in [1.165, 1.54) is 263 Å². The molecule has 0 aromatic rings. The number of rotatable bonds is 60. The molecule has 0 spiro atoms. The van der Waals surface area contributed by atoms with Crippen LogP contribution in [-0.2, 0) is 28.6 Å². The smallest absolute Gasteiger partial charge is 0.306 e. The summed E-state index contributed by atoms with van der Waals surface area (Å²) >= 11 is 0. The van der Waals surface area contributed by atoms with Crippen LogP contribution in [0.2, 0.25) is 0 Å². The maximum Gasteiger partial charge on any atom is 0.306 e. The summed E-state index contributed by atoms with van der Waals surface area (Å²) in [6.45, 7) is 11.5. The van der Waals surface area contributed by atoms with Gasteiger partial charge in [0.25, 0.3) is 0 Å². The second kappa shape index (κ2) is 58.7. The largest absolute Gasteiger partial charge is 0.462 e. The molecule has 428 valence electrons. The van der Waals surface area contributed by atoms with E-state index in [0.717, 1.165) is 69.6 Å². The van der Waals surface area contributed by atoms with Crippen molar-refractivity contribution in [3.63, 3.8) is 0 Å². The molecule has 6 heteroatoms. The predicted octanol–water partition coefficient (Wildman–Crippen LogP) is 22.0. The highest BCUT2D eigenvalue weighted by atomic mass is 16.6. The van der Waals surface area contributed by atoms with Crippen molar-refractivity contribution in [3.05, 3.63) is 0 Å². The van der Waals surface area contributed by atoms with Gasteiger partial charge in [-0.1, -0.05) is 336 Å². The molecule has 0 aromatic heterocycles. The van der Waals surface area contributed by atoms with Gasteiger partial charge in [-0.3, -0.25) is 14.4 Å². The summed E-state index contributed by atoms with van der Waals surface area (Å²) in [4.78, 5) is 38.3. The molecule has 2 atom stereocenters. The molecule has 0 radical (unpaired) electrons. The molecule has 0 heterocycles. The number of unbranched alkanes of at least 4 members (excludes halogenated alkanes) is 44. The van der Waals surface area contributed by atoms with Crippen molar-refractivity contribution in [2.45, 2.75) is 381 Å². The monoisotopic (exact) mass is 1020 g/mol. The van der Waals surface area contributed by atoms with Gasteiger partial charge in [-0.25, -0.2) is 0 Å². The average Bonchev–Trinajstić information content (AvgIpc) is 3.37. The normalized spacial score (nSPS) is 12.4.